The first-order chi connectivity index (χ1) is 6.34. The van der Waals surface area contributed by atoms with Crippen LogP contribution in [0.2, 0.25) is 0 Å². The monoisotopic (exact) mass is 228 g/mol. The molecule has 0 unspecified atom stereocenters. The van der Waals surface area contributed by atoms with E-state index in [9.17, 15) is 4.79 Å². The average molecular weight is 228 g/mol. The van der Waals surface area contributed by atoms with E-state index < -0.39 is 0 Å². The van der Waals surface area contributed by atoms with Crippen LogP contribution in [-0.4, -0.2) is 6.29 Å². The predicted octanol–water partition coefficient (Wildman–Crippen LogP) is 2.00. The van der Waals surface area contributed by atoms with Crippen LogP contribution >= 0.6 is 0 Å². The molecule has 0 bridgehead atoms. The van der Waals surface area contributed by atoms with E-state index >= 15 is 0 Å². The predicted molar refractivity (Wildman–Crippen MR) is 52.6 cm³/mol. The van der Waals surface area contributed by atoms with Crippen molar-refractivity contribution in [3.8, 4) is 0 Å². The number of hydrogen-bond acceptors (Lipinski definition) is 1. The van der Waals surface area contributed by atoms with Gasteiger partial charge in [-0.25, -0.2) is 0 Å². The Morgan fingerprint density at radius 1 is 0.929 bits per heavy atom. The fourth-order valence-electron chi connectivity index (χ4n) is 0.977. The van der Waals surface area contributed by atoms with Crippen molar-refractivity contribution in [1.82, 2.24) is 0 Å². The van der Waals surface area contributed by atoms with Crippen LogP contribution in [0.3, 0.4) is 0 Å². The second-order valence-electron chi connectivity index (χ2n) is 2.74. The van der Waals surface area contributed by atoms with Gasteiger partial charge in [-0.2, -0.15) is 0 Å². The Balaban J connectivity index is 0.000000246. The largest absolute Gasteiger partial charge is 2.00 e. The Morgan fingerprint density at radius 2 is 1.43 bits per heavy atom. The van der Waals surface area contributed by atoms with Crippen LogP contribution in [0.25, 0.3) is 0 Å². The van der Waals surface area contributed by atoms with Crippen LogP contribution in [0.1, 0.15) is 6.92 Å². The molecule has 0 atom stereocenters. The fourth-order valence-corrected chi connectivity index (χ4v) is 0.977. The number of carbonyl (C=O) groups is 1. The molecule has 0 N–H and O–H groups in total. The SMILES string of the molecule is C[C]1[CH][CH][CH][C]1C=O.[CH]1[CH][CH][CH][CH]1.[Fe+2]. The molecule has 10 radical (unpaired) electrons. The summed E-state index contributed by atoms with van der Waals surface area (Å²) >= 11 is 0. The minimum atomic E-state index is 0. The number of carbonyl (C=O) groups excluding carboxylic acids is 1. The van der Waals surface area contributed by atoms with Gasteiger partial charge in [0.25, 0.3) is 0 Å². The summed E-state index contributed by atoms with van der Waals surface area (Å²) in [6.45, 7) is 1.92. The number of aldehydes is 1. The van der Waals surface area contributed by atoms with Crippen molar-refractivity contribution in [3.05, 3.63) is 63.2 Å². The van der Waals surface area contributed by atoms with Gasteiger partial charge in [-0.1, -0.05) is 6.92 Å². The van der Waals surface area contributed by atoms with E-state index in [0.29, 0.717) is 0 Å². The third kappa shape index (κ3) is 5.17. The first-order valence-corrected chi connectivity index (χ1v) is 4.19. The molecule has 0 aromatic carbocycles. The molecular weight excluding hydrogens is 216 g/mol. The van der Waals surface area contributed by atoms with Gasteiger partial charge in [0.2, 0.25) is 0 Å². The molecule has 2 aliphatic rings. The summed E-state index contributed by atoms with van der Waals surface area (Å²) in [6, 6.07) is 0. The van der Waals surface area contributed by atoms with Crippen molar-refractivity contribution in [2.24, 2.45) is 0 Å². The Labute approximate surface area is 98.5 Å². The summed E-state index contributed by atoms with van der Waals surface area (Å²) < 4.78 is 0. The van der Waals surface area contributed by atoms with Crippen molar-refractivity contribution < 1.29 is 21.9 Å². The van der Waals surface area contributed by atoms with E-state index in [-0.39, 0.29) is 17.1 Å². The zero-order valence-corrected chi connectivity index (χ0v) is 9.06. The van der Waals surface area contributed by atoms with Gasteiger partial charge in [-0.3, -0.25) is 0 Å². The second-order valence-corrected chi connectivity index (χ2v) is 2.74. The minimum Gasteiger partial charge on any atom is -0.303 e. The Kier molecular flexibility index (Phi) is 8.61. The molecule has 2 fully saturated rings. The van der Waals surface area contributed by atoms with E-state index in [1.807, 2.05) is 58.3 Å². The van der Waals surface area contributed by atoms with E-state index in [1.165, 1.54) is 0 Å². The molecule has 2 aliphatic carbocycles. The summed E-state index contributed by atoms with van der Waals surface area (Å²) in [5, 5.41) is 0. The molecule has 0 amide bonds. The molecular formula is C12H12FeO+2. The molecule has 2 saturated carbocycles. The molecule has 0 aliphatic heterocycles. The molecule has 14 heavy (non-hydrogen) atoms. The van der Waals surface area contributed by atoms with Gasteiger partial charge in [0, 0.05) is 5.92 Å². The van der Waals surface area contributed by atoms with Crippen molar-refractivity contribution in [2.45, 2.75) is 6.92 Å². The summed E-state index contributed by atoms with van der Waals surface area (Å²) in [6.07, 6.45) is 16.5. The maximum Gasteiger partial charge on any atom is 2.00 e. The Bertz CT molecular complexity index is 136. The first-order valence-electron chi connectivity index (χ1n) is 4.19. The Hall–Kier alpha value is 0.189. The zero-order valence-electron chi connectivity index (χ0n) is 7.96. The third-order valence-corrected chi connectivity index (χ3v) is 1.76. The summed E-state index contributed by atoms with van der Waals surface area (Å²) in [5.74, 6) is 1.85. The number of hydrogen-bond donors (Lipinski definition) is 0. The van der Waals surface area contributed by atoms with Crippen molar-refractivity contribution in [2.75, 3.05) is 0 Å². The van der Waals surface area contributed by atoms with Crippen molar-refractivity contribution >= 4 is 6.29 Å². The van der Waals surface area contributed by atoms with Gasteiger partial charge in [0.1, 0.15) is 6.29 Å². The molecule has 2 heteroatoms. The van der Waals surface area contributed by atoms with E-state index in [4.69, 9.17) is 0 Å². The standard InChI is InChI=1S/C7H7O.C5H5.Fe/c1-6-3-2-4-7(6)5-8;1-2-4-5-3-1;/h2-5H,1H3;1-5H;/q;;+2. The molecule has 0 aromatic rings. The van der Waals surface area contributed by atoms with Crippen molar-refractivity contribution in [1.29, 1.82) is 0 Å². The Morgan fingerprint density at radius 3 is 1.64 bits per heavy atom. The quantitative estimate of drug-likeness (QED) is 0.495. The van der Waals surface area contributed by atoms with Gasteiger partial charge in [-0.15, -0.1) is 0 Å². The van der Waals surface area contributed by atoms with Crippen LogP contribution in [0.15, 0.2) is 0 Å². The molecule has 0 heterocycles. The molecule has 0 saturated heterocycles. The van der Waals surface area contributed by atoms with E-state index in [0.717, 1.165) is 18.1 Å². The van der Waals surface area contributed by atoms with Crippen LogP contribution in [-0.2, 0) is 21.9 Å². The maximum absolute atomic E-state index is 10.1. The summed E-state index contributed by atoms with van der Waals surface area (Å²) in [7, 11) is 0. The summed E-state index contributed by atoms with van der Waals surface area (Å²) in [4.78, 5) is 10.1. The van der Waals surface area contributed by atoms with Crippen molar-refractivity contribution in [3.63, 3.8) is 0 Å². The molecule has 0 spiro atoms. The van der Waals surface area contributed by atoms with Crippen LogP contribution < -0.4 is 0 Å². The molecule has 1 nitrogen and oxygen atoms in total. The van der Waals surface area contributed by atoms with Gasteiger partial charge >= 0.3 is 17.1 Å². The molecule has 72 valence electrons. The van der Waals surface area contributed by atoms with Gasteiger partial charge in [0.05, 0.1) is 0 Å². The minimum absolute atomic E-state index is 0. The van der Waals surface area contributed by atoms with Gasteiger partial charge in [-0.05, 0) is 57.3 Å². The van der Waals surface area contributed by atoms with Crippen LogP contribution in [0, 0.1) is 63.2 Å². The second kappa shape index (κ2) is 8.49. The van der Waals surface area contributed by atoms with Crippen LogP contribution in [0.4, 0.5) is 0 Å². The van der Waals surface area contributed by atoms with E-state index in [1.54, 1.807) is 0 Å². The average Bonchev–Trinajstić information content (AvgIpc) is 2.76. The van der Waals surface area contributed by atoms with Crippen LogP contribution in [0.5, 0.6) is 0 Å². The van der Waals surface area contributed by atoms with Gasteiger partial charge < -0.3 is 4.79 Å². The fraction of sp³-hybridized carbons (Fsp3) is 0.0833. The smallest absolute Gasteiger partial charge is 0.303 e. The maximum atomic E-state index is 10.1. The zero-order chi connectivity index (χ0) is 9.52. The normalized spacial score (nSPS) is 22.4. The third-order valence-electron chi connectivity index (χ3n) is 1.76. The topological polar surface area (TPSA) is 17.1 Å². The van der Waals surface area contributed by atoms with Gasteiger partial charge in [0.15, 0.2) is 0 Å². The number of rotatable bonds is 1. The van der Waals surface area contributed by atoms with E-state index in [2.05, 4.69) is 0 Å². The summed E-state index contributed by atoms with van der Waals surface area (Å²) in [5.41, 5.74) is 0. The molecule has 2 rings (SSSR count). The first kappa shape index (κ1) is 14.2. The molecule has 0 aromatic heterocycles.